The number of rotatable bonds is 3. The molecule has 0 aromatic heterocycles. The summed E-state index contributed by atoms with van der Waals surface area (Å²) in [7, 11) is 0. The predicted molar refractivity (Wildman–Crippen MR) is 86.2 cm³/mol. The molecule has 1 atom stereocenters. The maximum absolute atomic E-state index is 12.9. The molecule has 2 aliphatic rings. The maximum atomic E-state index is 12.9. The van der Waals surface area contributed by atoms with Crippen LogP contribution in [-0.4, -0.2) is 60.2 Å². The van der Waals surface area contributed by atoms with Crippen LogP contribution >= 0.6 is 15.9 Å². The Morgan fingerprint density at radius 3 is 2.96 bits per heavy atom. The highest BCUT2D eigenvalue weighted by Gasteiger charge is 2.31. The fraction of sp³-hybridized carbons (Fsp3) is 0.400. The minimum Gasteiger partial charge on any atom is -0.482 e. The van der Waals surface area contributed by atoms with Gasteiger partial charge in [0.25, 0.3) is 11.8 Å². The SMILES string of the molecule is O=C(O)CC1COCCN1C(=O)c1cc2c(cc1Br)NC(=O)CO2. The van der Waals surface area contributed by atoms with E-state index in [4.69, 9.17) is 14.6 Å². The zero-order valence-electron chi connectivity index (χ0n) is 12.6. The first-order valence-corrected chi connectivity index (χ1v) is 8.11. The number of benzene rings is 1. The Morgan fingerprint density at radius 2 is 2.21 bits per heavy atom. The lowest BCUT2D eigenvalue weighted by Gasteiger charge is -2.35. The lowest BCUT2D eigenvalue weighted by Crippen LogP contribution is -2.49. The van der Waals surface area contributed by atoms with Crippen LogP contribution in [-0.2, 0) is 14.3 Å². The molecule has 1 aromatic carbocycles. The molecular weight excluding hydrogens is 384 g/mol. The van der Waals surface area contributed by atoms with E-state index >= 15 is 0 Å². The van der Waals surface area contributed by atoms with Crippen molar-refractivity contribution in [3.63, 3.8) is 0 Å². The van der Waals surface area contributed by atoms with Gasteiger partial charge in [0.1, 0.15) is 5.75 Å². The molecule has 0 saturated carbocycles. The fourth-order valence-electron chi connectivity index (χ4n) is 2.71. The van der Waals surface area contributed by atoms with E-state index in [1.165, 1.54) is 4.90 Å². The number of ether oxygens (including phenoxy) is 2. The van der Waals surface area contributed by atoms with Crippen molar-refractivity contribution >= 4 is 39.4 Å². The highest BCUT2D eigenvalue weighted by Crippen LogP contribution is 2.34. The van der Waals surface area contributed by atoms with Crippen LogP contribution in [0.25, 0.3) is 0 Å². The van der Waals surface area contributed by atoms with Crippen LogP contribution in [0.15, 0.2) is 16.6 Å². The molecule has 2 amide bonds. The Labute approximate surface area is 145 Å². The average Bonchev–Trinajstić information content (AvgIpc) is 2.53. The van der Waals surface area contributed by atoms with E-state index in [-0.39, 0.29) is 31.4 Å². The second-order valence-corrected chi connectivity index (χ2v) is 6.34. The second kappa shape index (κ2) is 6.78. The normalized spacial score (nSPS) is 20.0. The molecule has 1 saturated heterocycles. The van der Waals surface area contributed by atoms with Gasteiger partial charge in [-0.25, -0.2) is 0 Å². The minimum atomic E-state index is -0.987. The van der Waals surface area contributed by atoms with Crippen LogP contribution in [0.3, 0.4) is 0 Å². The highest BCUT2D eigenvalue weighted by molar-refractivity contribution is 9.10. The van der Waals surface area contributed by atoms with E-state index < -0.39 is 12.0 Å². The number of anilines is 1. The number of carbonyl (C=O) groups is 3. The molecule has 0 bridgehead atoms. The van der Waals surface area contributed by atoms with Gasteiger partial charge in [-0.3, -0.25) is 14.4 Å². The summed E-state index contributed by atoms with van der Waals surface area (Å²) < 4.78 is 11.1. The number of aliphatic carboxylic acids is 1. The summed E-state index contributed by atoms with van der Waals surface area (Å²) in [6.45, 7) is 0.753. The van der Waals surface area contributed by atoms with Gasteiger partial charge in [0.05, 0.1) is 36.9 Å². The lowest BCUT2D eigenvalue weighted by atomic mass is 10.1. The monoisotopic (exact) mass is 398 g/mol. The zero-order chi connectivity index (χ0) is 17.3. The Hall–Kier alpha value is -2.13. The summed E-state index contributed by atoms with van der Waals surface area (Å²) in [4.78, 5) is 36.7. The smallest absolute Gasteiger partial charge is 0.305 e. The van der Waals surface area contributed by atoms with E-state index in [1.54, 1.807) is 12.1 Å². The minimum absolute atomic E-state index is 0.110. The van der Waals surface area contributed by atoms with Gasteiger partial charge in [-0.2, -0.15) is 0 Å². The zero-order valence-corrected chi connectivity index (χ0v) is 14.2. The highest BCUT2D eigenvalue weighted by atomic mass is 79.9. The number of carbonyl (C=O) groups excluding carboxylic acids is 2. The molecule has 2 aliphatic heterocycles. The topological polar surface area (TPSA) is 105 Å². The van der Waals surface area contributed by atoms with Crippen LogP contribution < -0.4 is 10.1 Å². The largest absolute Gasteiger partial charge is 0.482 e. The van der Waals surface area contributed by atoms with Crippen molar-refractivity contribution in [3.8, 4) is 5.75 Å². The van der Waals surface area contributed by atoms with Crippen LogP contribution in [0.5, 0.6) is 5.75 Å². The number of halogens is 1. The van der Waals surface area contributed by atoms with Crippen molar-refractivity contribution in [3.05, 3.63) is 22.2 Å². The molecule has 0 aliphatic carbocycles. The number of carboxylic acids is 1. The standard InChI is InChI=1S/C15H15BrN2O6/c16-10-5-11-12(24-7-13(19)17-11)4-9(10)15(22)18-1-2-23-6-8(18)3-14(20)21/h4-5,8H,1-3,6-7H2,(H,17,19)(H,20,21). The van der Waals surface area contributed by atoms with Crippen molar-refractivity contribution in [2.45, 2.75) is 12.5 Å². The van der Waals surface area contributed by atoms with Crippen molar-refractivity contribution in [1.82, 2.24) is 4.90 Å². The van der Waals surface area contributed by atoms with E-state index in [0.29, 0.717) is 34.6 Å². The van der Waals surface area contributed by atoms with E-state index in [0.717, 1.165) is 0 Å². The third-order valence-corrected chi connectivity index (χ3v) is 4.49. The summed E-state index contributed by atoms with van der Waals surface area (Å²) in [6, 6.07) is 2.63. The van der Waals surface area contributed by atoms with Gasteiger partial charge in [-0.05, 0) is 28.1 Å². The predicted octanol–water partition coefficient (Wildman–Crippen LogP) is 1.10. The third kappa shape index (κ3) is 3.36. The molecule has 2 heterocycles. The Bertz CT molecular complexity index is 707. The Kier molecular flexibility index (Phi) is 4.72. The molecule has 9 heteroatoms. The molecule has 0 radical (unpaired) electrons. The summed E-state index contributed by atoms with van der Waals surface area (Å²) in [6.07, 6.45) is -0.180. The number of carboxylic acid groups (broad SMARTS) is 1. The van der Waals surface area contributed by atoms with E-state index in [9.17, 15) is 14.4 Å². The molecule has 8 nitrogen and oxygen atoms in total. The van der Waals surface area contributed by atoms with Crippen LogP contribution in [0.4, 0.5) is 5.69 Å². The van der Waals surface area contributed by atoms with Crippen molar-refractivity contribution in [2.75, 3.05) is 31.7 Å². The van der Waals surface area contributed by atoms with Crippen LogP contribution in [0, 0.1) is 0 Å². The second-order valence-electron chi connectivity index (χ2n) is 5.49. The average molecular weight is 399 g/mol. The molecule has 2 N–H and O–H groups in total. The number of hydrogen-bond donors (Lipinski definition) is 2. The first-order chi connectivity index (χ1) is 11.5. The number of nitrogens with zero attached hydrogens (tertiary/aromatic N) is 1. The van der Waals surface area contributed by atoms with Gasteiger partial charge in [-0.15, -0.1) is 0 Å². The molecule has 1 aromatic rings. The fourth-order valence-corrected chi connectivity index (χ4v) is 3.22. The number of hydrogen-bond acceptors (Lipinski definition) is 5. The third-order valence-electron chi connectivity index (χ3n) is 3.83. The molecule has 3 rings (SSSR count). The van der Waals surface area contributed by atoms with Crippen molar-refractivity contribution in [2.24, 2.45) is 0 Å². The molecular formula is C15H15BrN2O6. The van der Waals surface area contributed by atoms with Gasteiger partial charge < -0.3 is 24.8 Å². The number of amides is 2. The van der Waals surface area contributed by atoms with Gasteiger partial charge in [-0.1, -0.05) is 0 Å². The summed E-state index contributed by atoms with van der Waals surface area (Å²) in [5.74, 6) is -1.15. The molecule has 0 spiro atoms. The molecule has 128 valence electrons. The summed E-state index contributed by atoms with van der Waals surface area (Å²) in [5.41, 5.74) is 0.834. The van der Waals surface area contributed by atoms with Gasteiger partial charge in [0, 0.05) is 11.0 Å². The summed E-state index contributed by atoms with van der Waals surface area (Å²) in [5, 5.41) is 11.7. The van der Waals surface area contributed by atoms with Gasteiger partial charge in [0.2, 0.25) is 0 Å². The molecule has 1 fully saturated rings. The van der Waals surface area contributed by atoms with Crippen molar-refractivity contribution < 1.29 is 29.0 Å². The molecule has 1 unspecified atom stereocenters. The molecule has 24 heavy (non-hydrogen) atoms. The number of fused-ring (bicyclic) bond motifs is 1. The van der Waals surface area contributed by atoms with Crippen molar-refractivity contribution in [1.29, 1.82) is 0 Å². The maximum Gasteiger partial charge on any atom is 0.305 e. The van der Waals surface area contributed by atoms with Crippen LogP contribution in [0.1, 0.15) is 16.8 Å². The quantitative estimate of drug-likeness (QED) is 0.789. The summed E-state index contributed by atoms with van der Waals surface area (Å²) >= 11 is 3.33. The first kappa shape index (κ1) is 16.7. The Morgan fingerprint density at radius 1 is 1.42 bits per heavy atom. The van der Waals surface area contributed by atoms with E-state index in [2.05, 4.69) is 21.2 Å². The van der Waals surface area contributed by atoms with Crippen LogP contribution in [0.2, 0.25) is 0 Å². The van der Waals surface area contributed by atoms with Gasteiger partial charge >= 0.3 is 5.97 Å². The number of morpholine rings is 1. The lowest BCUT2D eigenvalue weighted by molar-refractivity contribution is -0.139. The van der Waals surface area contributed by atoms with Gasteiger partial charge in [0.15, 0.2) is 6.61 Å². The van der Waals surface area contributed by atoms with E-state index in [1.807, 2.05) is 0 Å². The first-order valence-electron chi connectivity index (χ1n) is 7.32. The Balaban J connectivity index is 1.88. The number of nitrogens with one attached hydrogen (secondary N) is 1.